The van der Waals surface area contributed by atoms with Crippen LogP contribution >= 0.6 is 11.6 Å². The number of rotatable bonds is 4. The number of carbonyl (C=O) groups excluding carboxylic acids is 1. The van der Waals surface area contributed by atoms with E-state index in [4.69, 9.17) is 16.3 Å². The normalized spacial score (nSPS) is 21.6. The highest BCUT2D eigenvalue weighted by Gasteiger charge is 2.50. The molecule has 21 heavy (non-hydrogen) atoms. The van der Waals surface area contributed by atoms with Crippen LogP contribution < -0.4 is 0 Å². The smallest absolute Gasteiger partial charge is 0.332 e. The highest BCUT2D eigenvalue weighted by atomic mass is 35.5. The summed E-state index contributed by atoms with van der Waals surface area (Å²) in [5.74, 6) is -2.58. The maximum atomic E-state index is 13.9. The van der Waals surface area contributed by atoms with Crippen molar-refractivity contribution in [3.8, 4) is 0 Å². The summed E-state index contributed by atoms with van der Waals surface area (Å²) in [6, 6.07) is 3.69. The Kier molecular flexibility index (Phi) is 4.49. The molecule has 1 aliphatic rings. The highest BCUT2D eigenvalue weighted by Crippen LogP contribution is 2.32. The molecule has 114 valence electrons. The van der Waals surface area contributed by atoms with Crippen molar-refractivity contribution in [2.24, 2.45) is 0 Å². The van der Waals surface area contributed by atoms with Crippen molar-refractivity contribution in [2.75, 3.05) is 20.3 Å². The number of ether oxygens (including phenoxy) is 1. The third-order valence-electron chi connectivity index (χ3n) is 3.68. The minimum atomic E-state index is -1.45. The van der Waals surface area contributed by atoms with Crippen LogP contribution in [-0.4, -0.2) is 47.7 Å². The predicted octanol–water partition coefficient (Wildman–Crippen LogP) is 2.18. The van der Waals surface area contributed by atoms with Gasteiger partial charge in [-0.25, -0.2) is 9.18 Å². The SMILES string of the molecule is COCC1(C(=O)O)CCCN1C(=O)c1ccc(Cl)cc1F. The van der Waals surface area contributed by atoms with Crippen LogP contribution in [0.1, 0.15) is 23.2 Å². The van der Waals surface area contributed by atoms with Gasteiger partial charge < -0.3 is 14.7 Å². The molecule has 0 aliphatic carbocycles. The molecule has 0 spiro atoms. The minimum absolute atomic E-state index is 0.136. The first-order valence-corrected chi connectivity index (χ1v) is 6.79. The first-order valence-electron chi connectivity index (χ1n) is 6.42. The molecule has 7 heteroatoms. The molecule has 1 saturated heterocycles. The number of likely N-dealkylation sites (tertiary alicyclic amines) is 1. The number of amides is 1. The molecule has 1 N–H and O–H groups in total. The van der Waals surface area contributed by atoms with Gasteiger partial charge in [-0.15, -0.1) is 0 Å². The fourth-order valence-electron chi connectivity index (χ4n) is 2.66. The van der Waals surface area contributed by atoms with Crippen LogP contribution in [0, 0.1) is 5.82 Å². The summed E-state index contributed by atoms with van der Waals surface area (Å²) in [6.07, 6.45) is 0.799. The molecule has 1 aromatic rings. The predicted molar refractivity (Wildman–Crippen MR) is 73.9 cm³/mol. The molecular weight excluding hydrogens is 301 g/mol. The van der Waals surface area contributed by atoms with E-state index in [1.54, 1.807) is 0 Å². The van der Waals surface area contributed by atoms with Gasteiger partial charge in [0.05, 0.1) is 12.2 Å². The number of carbonyl (C=O) groups is 2. The maximum Gasteiger partial charge on any atom is 0.332 e. The summed E-state index contributed by atoms with van der Waals surface area (Å²) in [5.41, 5.74) is -1.64. The lowest BCUT2D eigenvalue weighted by atomic mass is 9.96. The van der Waals surface area contributed by atoms with Gasteiger partial charge in [-0.05, 0) is 31.0 Å². The van der Waals surface area contributed by atoms with Crippen molar-refractivity contribution in [2.45, 2.75) is 18.4 Å². The second kappa shape index (κ2) is 5.99. The van der Waals surface area contributed by atoms with Crippen LogP contribution in [0.5, 0.6) is 0 Å². The number of nitrogens with zero attached hydrogens (tertiary/aromatic N) is 1. The Labute approximate surface area is 126 Å². The second-order valence-electron chi connectivity index (χ2n) is 4.95. The first kappa shape index (κ1) is 15.7. The molecule has 1 aliphatic heterocycles. The molecule has 1 amide bonds. The summed E-state index contributed by atoms with van der Waals surface area (Å²) in [7, 11) is 1.37. The van der Waals surface area contributed by atoms with E-state index in [-0.39, 0.29) is 30.2 Å². The van der Waals surface area contributed by atoms with E-state index >= 15 is 0 Å². The van der Waals surface area contributed by atoms with E-state index < -0.39 is 23.2 Å². The summed E-state index contributed by atoms with van der Waals surface area (Å²) in [4.78, 5) is 25.3. The van der Waals surface area contributed by atoms with Gasteiger partial charge in [0.1, 0.15) is 5.82 Å². The zero-order chi connectivity index (χ0) is 15.6. The molecule has 0 aromatic heterocycles. The van der Waals surface area contributed by atoms with Crippen LogP contribution in [0.4, 0.5) is 4.39 Å². The van der Waals surface area contributed by atoms with Crippen molar-refractivity contribution in [1.82, 2.24) is 4.90 Å². The molecule has 1 fully saturated rings. The van der Waals surface area contributed by atoms with Gasteiger partial charge in [0, 0.05) is 18.7 Å². The number of methoxy groups -OCH3 is 1. The molecule has 1 atom stereocenters. The van der Waals surface area contributed by atoms with E-state index in [0.29, 0.717) is 6.42 Å². The Morgan fingerprint density at radius 2 is 2.24 bits per heavy atom. The van der Waals surface area contributed by atoms with E-state index in [9.17, 15) is 19.1 Å². The van der Waals surface area contributed by atoms with Gasteiger partial charge >= 0.3 is 5.97 Å². The number of carboxylic acid groups (broad SMARTS) is 1. The number of halogens is 2. The molecule has 2 rings (SSSR count). The number of carboxylic acids is 1. The largest absolute Gasteiger partial charge is 0.479 e. The van der Waals surface area contributed by atoms with Gasteiger partial charge in [-0.2, -0.15) is 0 Å². The topological polar surface area (TPSA) is 66.8 Å². The summed E-state index contributed by atoms with van der Waals surface area (Å²) >= 11 is 5.66. The average molecular weight is 316 g/mol. The van der Waals surface area contributed by atoms with Gasteiger partial charge in [0.2, 0.25) is 0 Å². The minimum Gasteiger partial charge on any atom is -0.479 e. The van der Waals surface area contributed by atoms with Gasteiger partial charge in [0.25, 0.3) is 5.91 Å². The van der Waals surface area contributed by atoms with Gasteiger partial charge in [-0.3, -0.25) is 4.79 Å². The van der Waals surface area contributed by atoms with Crippen molar-refractivity contribution >= 4 is 23.5 Å². The average Bonchev–Trinajstić information content (AvgIpc) is 2.83. The molecule has 0 radical (unpaired) electrons. The lowest BCUT2D eigenvalue weighted by Gasteiger charge is -2.34. The zero-order valence-corrected chi connectivity index (χ0v) is 12.2. The zero-order valence-electron chi connectivity index (χ0n) is 11.4. The Morgan fingerprint density at radius 1 is 1.52 bits per heavy atom. The molecule has 0 saturated carbocycles. The molecule has 1 unspecified atom stereocenters. The number of aliphatic carboxylic acids is 1. The molecule has 5 nitrogen and oxygen atoms in total. The third kappa shape index (κ3) is 2.73. The number of hydrogen-bond donors (Lipinski definition) is 1. The fraction of sp³-hybridized carbons (Fsp3) is 0.429. The fourth-order valence-corrected chi connectivity index (χ4v) is 2.81. The van der Waals surface area contributed by atoms with Crippen LogP contribution in [-0.2, 0) is 9.53 Å². The lowest BCUT2D eigenvalue weighted by Crippen LogP contribution is -2.56. The lowest BCUT2D eigenvalue weighted by molar-refractivity contribution is -0.151. The van der Waals surface area contributed by atoms with Crippen molar-refractivity contribution in [1.29, 1.82) is 0 Å². The van der Waals surface area contributed by atoms with E-state index in [1.807, 2.05) is 0 Å². The second-order valence-corrected chi connectivity index (χ2v) is 5.39. The van der Waals surface area contributed by atoms with Crippen molar-refractivity contribution in [3.05, 3.63) is 34.6 Å². The Hall–Kier alpha value is -1.66. The van der Waals surface area contributed by atoms with Crippen molar-refractivity contribution in [3.63, 3.8) is 0 Å². The van der Waals surface area contributed by atoms with Gasteiger partial charge in [-0.1, -0.05) is 11.6 Å². The van der Waals surface area contributed by atoms with Crippen LogP contribution in [0.2, 0.25) is 5.02 Å². The van der Waals surface area contributed by atoms with Gasteiger partial charge in [0.15, 0.2) is 5.54 Å². The monoisotopic (exact) mass is 315 g/mol. The van der Waals surface area contributed by atoms with Crippen LogP contribution in [0.3, 0.4) is 0 Å². The quantitative estimate of drug-likeness (QED) is 0.925. The highest BCUT2D eigenvalue weighted by molar-refractivity contribution is 6.30. The number of benzene rings is 1. The van der Waals surface area contributed by atoms with E-state index in [2.05, 4.69) is 0 Å². The van der Waals surface area contributed by atoms with E-state index in [1.165, 1.54) is 24.1 Å². The van der Waals surface area contributed by atoms with E-state index in [0.717, 1.165) is 6.07 Å². The Balaban J connectivity index is 2.39. The van der Waals surface area contributed by atoms with Crippen molar-refractivity contribution < 1.29 is 23.8 Å². The summed E-state index contributed by atoms with van der Waals surface area (Å²) in [5, 5.41) is 9.66. The molecular formula is C14H15ClFNO4. The summed E-state index contributed by atoms with van der Waals surface area (Å²) in [6.45, 7) is 0.111. The third-order valence-corrected chi connectivity index (χ3v) is 3.91. The first-order chi connectivity index (χ1) is 9.92. The number of hydrogen-bond acceptors (Lipinski definition) is 3. The summed E-state index contributed by atoms with van der Waals surface area (Å²) < 4.78 is 18.8. The Morgan fingerprint density at radius 3 is 2.81 bits per heavy atom. The molecule has 0 bridgehead atoms. The Bertz CT molecular complexity index is 580. The van der Waals surface area contributed by atoms with Crippen LogP contribution in [0.25, 0.3) is 0 Å². The van der Waals surface area contributed by atoms with Crippen LogP contribution in [0.15, 0.2) is 18.2 Å². The standard InChI is InChI=1S/C14H15ClFNO4/c1-21-8-14(13(19)20)5-2-6-17(14)12(18)10-4-3-9(15)7-11(10)16/h3-4,7H,2,5-6,8H2,1H3,(H,19,20). The maximum absolute atomic E-state index is 13.9. The molecule has 1 heterocycles. The molecule has 1 aromatic carbocycles.